The SMILES string of the molecule is Cc1cc(S(=O)(=O)N(C)Cc2cc(-c3ccn(C)c(=O)c3)on2)c2[nH]ncc2c1. The molecular formula is C19H19N5O4S. The van der Waals surface area contributed by atoms with Gasteiger partial charge in [0, 0.05) is 43.4 Å². The molecule has 0 bridgehead atoms. The van der Waals surface area contributed by atoms with E-state index in [1.54, 1.807) is 37.6 Å². The Balaban J connectivity index is 1.63. The minimum Gasteiger partial charge on any atom is -0.356 e. The standard InChI is InChI=1S/C19H19N5O4S/c1-12-6-14-10-20-21-19(14)17(7-12)29(26,27)24(3)11-15-9-16(28-22-15)13-4-5-23(2)18(25)8-13/h4-10H,11H2,1-3H3,(H,20,21). The first-order valence-corrected chi connectivity index (χ1v) is 10.2. The Bertz CT molecular complexity index is 1370. The predicted molar refractivity (Wildman–Crippen MR) is 107 cm³/mol. The van der Waals surface area contributed by atoms with Gasteiger partial charge < -0.3 is 9.09 Å². The van der Waals surface area contributed by atoms with Crippen LogP contribution in [0.2, 0.25) is 0 Å². The highest BCUT2D eigenvalue weighted by molar-refractivity contribution is 7.89. The van der Waals surface area contributed by atoms with Gasteiger partial charge in [0.15, 0.2) is 5.76 Å². The third-order valence-electron chi connectivity index (χ3n) is 4.68. The number of sulfonamides is 1. The lowest BCUT2D eigenvalue weighted by molar-refractivity contribution is 0.402. The number of aryl methyl sites for hydroxylation is 2. The van der Waals surface area contributed by atoms with E-state index in [0.717, 1.165) is 10.9 Å². The van der Waals surface area contributed by atoms with E-state index in [1.165, 1.54) is 22.0 Å². The number of pyridine rings is 1. The molecule has 0 aliphatic heterocycles. The molecular weight excluding hydrogens is 394 g/mol. The maximum atomic E-state index is 13.1. The molecule has 10 heteroatoms. The fourth-order valence-electron chi connectivity index (χ4n) is 3.08. The predicted octanol–water partition coefficient (Wildman–Crippen LogP) is 2.05. The molecule has 0 fully saturated rings. The number of nitrogens with zero attached hydrogens (tertiary/aromatic N) is 4. The molecule has 9 nitrogen and oxygen atoms in total. The number of hydrogen-bond donors (Lipinski definition) is 1. The van der Waals surface area contributed by atoms with Crippen LogP contribution >= 0.6 is 0 Å². The maximum absolute atomic E-state index is 13.1. The highest BCUT2D eigenvalue weighted by atomic mass is 32.2. The first kappa shape index (κ1) is 19.1. The van der Waals surface area contributed by atoms with Gasteiger partial charge in [-0.15, -0.1) is 0 Å². The number of nitrogens with one attached hydrogen (secondary N) is 1. The summed E-state index contributed by atoms with van der Waals surface area (Å²) in [6, 6.07) is 8.27. The average Bonchev–Trinajstić information content (AvgIpc) is 3.32. The van der Waals surface area contributed by atoms with Gasteiger partial charge in [0.25, 0.3) is 5.56 Å². The van der Waals surface area contributed by atoms with Crippen molar-refractivity contribution < 1.29 is 12.9 Å². The smallest absolute Gasteiger partial charge is 0.250 e. The minimum atomic E-state index is -3.80. The van der Waals surface area contributed by atoms with E-state index in [9.17, 15) is 13.2 Å². The van der Waals surface area contributed by atoms with Gasteiger partial charge >= 0.3 is 0 Å². The summed E-state index contributed by atoms with van der Waals surface area (Å²) in [7, 11) is -0.666. The highest BCUT2D eigenvalue weighted by Crippen LogP contribution is 2.26. The van der Waals surface area contributed by atoms with Crippen molar-refractivity contribution in [1.29, 1.82) is 0 Å². The quantitative estimate of drug-likeness (QED) is 0.536. The fraction of sp³-hybridized carbons (Fsp3) is 0.211. The van der Waals surface area contributed by atoms with Gasteiger partial charge in [0.05, 0.1) is 24.0 Å². The summed E-state index contributed by atoms with van der Waals surface area (Å²) in [5.74, 6) is 0.398. The molecule has 0 aliphatic rings. The molecule has 0 saturated heterocycles. The van der Waals surface area contributed by atoms with Crippen molar-refractivity contribution in [3.05, 3.63) is 64.3 Å². The average molecular weight is 413 g/mol. The van der Waals surface area contributed by atoms with E-state index < -0.39 is 10.0 Å². The number of aromatic nitrogens is 4. The molecule has 0 spiro atoms. The van der Waals surface area contributed by atoms with E-state index >= 15 is 0 Å². The molecule has 0 aliphatic carbocycles. The van der Waals surface area contributed by atoms with E-state index in [-0.39, 0.29) is 17.0 Å². The van der Waals surface area contributed by atoms with Gasteiger partial charge in [-0.2, -0.15) is 9.40 Å². The molecule has 150 valence electrons. The van der Waals surface area contributed by atoms with Crippen LogP contribution in [-0.4, -0.2) is 39.7 Å². The van der Waals surface area contributed by atoms with Crippen molar-refractivity contribution in [2.24, 2.45) is 7.05 Å². The van der Waals surface area contributed by atoms with Crippen molar-refractivity contribution in [1.82, 2.24) is 24.2 Å². The summed E-state index contributed by atoms with van der Waals surface area (Å²) < 4.78 is 34.2. The van der Waals surface area contributed by atoms with Gasteiger partial charge in [-0.1, -0.05) is 5.16 Å². The molecule has 0 saturated carbocycles. The lowest BCUT2D eigenvalue weighted by atomic mass is 10.2. The second-order valence-corrected chi connectivity index (χ2v) is 8.92. The van der Waals surface area contributed by atoms with Gasteiger partial charge in [0.1, 0.15) is 4.90 Å². The van der Waals surface area contributed by atoms with Crippen LogP contribution in [0.1, 0.15) is 11.3 Å². The molecule has 0 amide bonds. The Morgan fingerprint density at radius 2 is 2.03 bits per heavy atom. The third kappa shape index (κ3) is 3.47. The number of hydrogen-bond acceptors (Lipinski definition) is 6. The molecule has 4 rings (SSSR count). The summed E-state index contributed by atoms with van der Waals surface area (Å²) in [4.78, 5) is 12.0. The Kier molecular flexibility index (Phi) is 4.59. The number of rotatable bonds is 5. The largest absolute Gasteiger partial charge is 0.356 e. The zero-order valence-electron chi connectivity index (χ0n) is 16.1. The fourth-order valence-corrected chi connectivity index (χ4v) is 4.47. The van der Waals surface area contributed by atoms with Crippen LogP contribution in [0, 0.1) is 6.92 Å². The Hall–Kier alpha value is -3.24. The number of H-pyrrole nitrogens is 1. The summed E-state index contributed by atoms with van der Waals surface area (Å²) in [5.41, 5.74) is 2.11. The van der Waals surface area contributed by atoms with Crippen LogP contribution in [0.4, 0.5) is 0 Å². The van der Waals surface area contributed by atoms with Crippen LogP contribution in [0.25, 0.3) is 22.2 Å². The monoisotopic (exact) mass is 413 g/mol. The summed E-state index contributed by atoms with van der Waals surface area (Å²) >= 11 is 0. The van der Waals surface area contributed by atoms with Crippen LogP contribution in [0.5, 0.6) is 0 Å². The van der Waals surface area contributed by atoms with Crippen LogP contribution < -0.4 is 5.56 Å². The third-order valence-corrected chi connectivity index (χ3v) is 6.51. The molecule has 4 aromatic rings. The number of fused-ring (bicyclic) bond motifs is 1. The molecule has 1 aromatic carbocycles. The second-order valence-electron chi connectivity index (χ2n) is 6.91. The van der Waals surface area contributed by atoms with Crippen LogP contribution in [0.15, 0.2) is 56.9 Å². The molecule has 3 heterocycles. The topological polar surface area (TPSA) is 114 Å². The molecule has 0 unspecified atom stereocenters. The Morgan fingerprint density at radius 1 is 1.24 bits per heavy atom. The van der Waals surface area contributed by atoms with Gasteiger partial charge in [-0.3, -0.25) is 9.89 Å². The summed E-state index contributed by atoms with van der Waals surface area (Å²) in [6.45, 7) is 1.85. The molecule has 3 aromatic heterocycles. The number of aromatic amines is 1. The van der Waals surface area contributed by atoms with Gasteiger partial charge in [-0.25, -0.2) is 8.42 Å². The van der Waals surface area contributed by atoms with Crippen molar-refractivity contribution in [2.75, 3.05) is 7.05 Å². The first-order valence-electron chi connectivity index (χ1n) is 8.78. The van der Waals surface area contributed by atoms with Crippen molar-refractivity contribution in [2.45, 2.75) is 18.4 Å². The number of benzene rings is 1. The van der Waals surface area contributed by atoms with Crippen LogP contribution in [-0.2, 0) is 23.6 Å². The second kappa shape index (κ2) is 6.98. The van der Waals surface area contributed by atoms with Gasteiger partial charge in [-0.05, 0) is 30.7 Å². The summed E-state index contributed by atoms with van der Waals surface area (Å²) in [6.07, 6.45) is 3.22. The molecule has 0 atom stereocenters. The van der Waals surface area contributed by atoms with Crippen LogP contribution in [0.3, 0.4) is 0 Å². The molecule has 29 heavy (non-hydrogen) atoms. The minimum absolute atomic E-state index is 0.0141. The normalized spacial score (nSPS) is 12.1. The van der Waals surface area contributed by atoms with E-state index in [4.69, 9.17) is 4.52 Å². The molecule has 0 radical (unpaired) electrons. The van der Waals surface area contributed by atoms with E-state index in [0.29, 0.717) is 22.5 Å². The van der Waals surface area contributed by atoms with E-state index in [2.05, 4.69) is 15.4 Å². The maximum Gasteiger partial charge on any atom is 0.250 e. The Morgan fingerprint density at radius 3 is 2.79 bits per heavy atom. The highest BCUT2D eigenvalue weighted by Gasteiger charge is 2.25. The lowest BCUT2D eigenvalue weighted by Gasteiger charge is -2.16. The van der Waals surface area contributed by atoms with Crippen molar-refractivity contribution in [3.8, 4) is 11.3 Å². The van der Waals surface area contributed by atoms with E-state index in [1.807, 2.05) is 13.0 Å². The lowest BCUT2D eigenvalue weighted by Crippen LogP contribution is -2.27. The molecule has 1 N–H and O–H groups in total. The zero-order valence-corrected chi connectivity index (χ0v) is 16.9. The summed E-state index contributed by atoms with van der Waals surface area (Å²) in [5, 5.41) is 11.4. The van der Waals surface area contributed by atoms with Gasteiger partial charge in [0.2, 0.25) is 10.0 Å². The van der Waals surface area contributed by atoms with Crippen molar-refractivity contribution in [3.63, 3.8) is 0 Å². The Labute approximate surface area is 166 Å². The first-order chi connectivity index (χ1) is 13.8. The van der Waals surface area contributed by atoms with Crippen molar-refractivity contribution >= 4 is 20.9 Å². The zero-order chi connectivity index (χ0) is 20.8.